The number of hydrogen-bond acceptors (Lipinski definition) is 3. The Bertz CT molecular complexity index is 498. The molecular formula is C19H29NO2. The second-order valence-corrected chi connectivity index (χ2v) is 6.33. The maximum absolute atomic E-state index is 12.4. The summed E-state index contributed by atoms with van der Waals surface area (Å²) in [6.07, 6.45) is 4.09. The molecule has 1 aliphatic rings. The van der Waals surface area contributed by atoms with Gasteiger partial charge >= 0.3 is 0 Å². The number of carbonyl (C=O) groups excluding carboxylic acids is 1. The molecule has 0 spiro atoms. The fourth-order valence-electron chi connectivity index (χ4n) is 3.22. The van der Waals surface area contributed by atoms with Gasteiger partial charge in [-0.15, -0.1) is 0 Å². The van der Waals surface area contributed by atoms with Crippen LogP contribution in [-0.4, -0.2) is 36.9 Å². The summed E-state index contributed by atoms with van der Waals surface area (Å²) in [5.41, 5.74) is 1.95. The number of rotatable bonds is 7. The lowest BCUT2D eigenvalue weighted by Crippen LogP contribution is -2.35. The number of hydrogen-bond donors (Lipinski definition) is 0. The van der Waals surface area contributed by atoms with Crippen LogP contribution in [0.15, 0.2) is 18.2 Å². The standard InChI is InChI=1S/C19H29NO2/c1-4-16-13-17(8-9-19(16)22-5-2)18(21)10-12-20-11-6-7-15(3)14-20/h8-9,13,15H,4-7,10-12,14H2,1-3H3. The van der Waals surface area contributed by atoms with Gasteiger partial charge in [-0.05, 0) is 62.4 Å². The molecule has 0 aromatic heterocycles. The molecule has 1 aromatic rings. The highest BCUT2D eigenvalue weighted by molar-refractivity contribution is 5.96. The maximum Gasteiger partial charge on any atom is 0.164 e. The first-order valence-corrected chi connectivity index (χ1v) is 8.65. The van der Waals surface area contributed by atoms with E-state index >= 15 is 0 Å². The zero-order valence-electron chi connectivity index (χ0n) is 14.2. The smallest absolute Gasteiger partial charge is 0.164 e. The fraction of sp³-hybridized carbons (Fsp3) is 0.632. The Labute approximate surface area is 134 Å². The molecule has 1 heterocycles. The topological polar surface area (TPSA) is 29.5 Å². The van der Waals surface area contributed by atoms with Gasteiger partial charge < -0.3 is 9.64 Å². The highest BCUT2D eigenvalue weighted by Gasteiger charge is 2.17. The first-order chi connectivity index (χ1) is 10.6. The molecule has 2 rings (SSSR count). The van der Waals surface area contributed by atoms with Crippen molar-refractivity contribution in [3.63, 3.8) is 0 Å². The van der Waals surface area contributed by atoms with Crippen LogP contribution in [0, 0.1) is 5.92 Å². The number of carbonyl (C=O) groups is 1. The summed E-state index contributed by atoms with van der Waals surface area (Å²) in [6.45, 7) is 10.2. The van der Waals surface area contributed by atoms with Gasteiger partial charge in [0.25, 0.3) is 0 Å². The van der Waals surface area contributed by atoms with E-state index < -0.39 is 0 Å². The summed E-state index contributed by atoms with van der Waals surface area (Å²) in [6, 6.07) is 5.86. The average molecular weight is 303 g/mol. The molecule has 1 fully saturated rings. The van der Waals surface area contributed by atoms with Gasteiger partial charge in [0.1, 0.15) is 5.75 Å². The third-order valence-corrected chi connectivity index (χ3v) is 4.46. The minimum absolute atomic E-state index is 0.246. The maximum atomic E-state index is 12.4. The highest BCUT2D eigenvalue weighted by atomic mass is 16.5. The fourth-order valence-corrected chi connectivity index (χ4v) is 3.22. The van der Waals surface area contributed by atoms with Crippen LogP contribution in [0.3, 0.4) is 0 Å². The normalized spacial score (nSPS) is 19.1. The molecule has 1 unspecified atom stereocenters. The Morgan fingerprint density at radius 2 is 2.18 bits per heavy atom. The molecule has 0 bridgehead atoms. The molecule has 3 heteroatoms. The Balaban J connectivity index is 1.94. The second kappa shape index (κ2) is 8.33. The highest BCUT2D eigenvalue weighted by Crippen LogP contribution is 2.22. The molecule has 3 nitrogen and oxygen atoms in total. The van der Waals surface area contributed by atoms with Gasteiger partial charge in [0, 0.05) is 25.1 Å². The van der Waals surface area contributed by atoms with Crippen LogP contribution in [0.2, 0.25) is 0 Å². The number of ether oxygens (including phenoxy) is 1. The van der Waals surface area contributed by atoms with Crippen molar-refractivity contribution in [2.24, 2.45) is 5.92 Å². The zero-order valence-corrected chi connectivity index (χ0v) is 14.2. The molecule has 0 radical (unpaired) electrons. The van der Waals surface area contributed by atoms with E-state index in [0.717, 1.165) is 48.8 Å². The van der Waals surface area contributed by atoms with E-state index in [0.29, 0.717) is 13.0 Å². The number of nitrogens with zero attached hydrogens (tertiary/aromatic N) is 1. The number of likely N-dealkylation sites (tertiary alicyclic amines) is 1. The predicted molar refractivity (Wildman–Crippen MR) is 90.8 cm³/mol. The largest absolute Gasteiger partial charge is 0.494 e. The van der Waals surface area contributed by atoms with Crippen LogP contribution in [-0.2, 0) is 6.42 Å². The molecule has 1 saturated heterocycles. The summed E-state index contributed by atoms with van der Waals surface area (Å²) >= 11 is 0. The summed E-state index contributed by atoms with van der Waals surface area (Å²) in [5, 5.41) is 0. The molecular weight excluding hydrogens is 274 g/mol. The molecule has 0 saturated carbocycles. The Morgan fingerprint density at radius 1 is 1.36 bits per heavy atom. The van der Waals surface area contributed by atoms with Gasteiger partial charge in [0.05, 0.1) is 6.61 Å². The van der Waals surface area contributed by atoms with Gasteiger partial charge in [-0.2, -0.15) is 0 Å². The van der Waals surface area contributed by atoms with Crippen LogP contribution in [0.1, 0.15) is 56.0 Å². The van der Waals surface area contributed by atoms with Crippen molar-refractivity contribution in [1.29, 1.82) is 0 Å². The second-order valence-electron chi connectivity index (χ2n) is 6.33. The van der Waals surface area contributed by atoms with Crippen LogP contribution < -0.4 is 4.74 Å². The lowest BCUT2D eigenvalue weighted by molar-refractivity contribution is 0.0949. The van der Waals surface area contributed by atoms with Gasteiger partial charge in [0.15, 0.2) is 5.78 Å². The molecule has 1 aromatic carbocycles. The Hall–Kier alpha value is -1.35. The van der Waals surface area contributed by atoms with Gasteiger partial charge in [-0.3, -0.25) is 4.79 Å². The minimum Gasteiger partial charge on any atom is -0.494 e. The number of Topliss-reactive ketones (excluding diaryl/α,β-unsaturated/α-hetero) is 1. The van der Waals surface area contributed by atoms with Crippen LogP contribution >= 0.6 is 0 Å². The third-order valence-electron chi connectivity index (χ3n) is 4.46. The van der Waals surface area contributed by atoms with E-state index in [1.54, 1.807) is 0 Å². The molecule has 22 heavy (non-hydrogen) atoms. The van der Waals surface area contributed by atoms with Gasteiger partial charge in [-0.1, -0.05) is 13.8 Å². The summed E-state index contributed by atoms with van der Waals surface area (Å²) in [5.74, 6) is 1.92. The van der Waals surface area contributed by atoms with Crippen LogP contribution in [0.4, 0.5) is 0 Å². The van der Waals surface area contributed by atoms with Crippen LogP contribution in [0.25, 0.3) is 0 Å². The van der Waals surface area contributed by atoms with Gasteiger partial charge in [0.2, 0.25) is 0 Å². The monoisotopic (exact) mass is 303 g/mol. The average Bonchev–Trinajstić information content (AvgIpc) is 2.53. The lowest BCUT2D eigenvalue weighted by Gasteiger charge is -2.30. The lowest BCUT2D eigenvalue weighted by atomic mass is 9.99. The molecule has 122 valence electrons. The molecule has 0 aliphatic carbocycles. The Morgan fingerprint density at radius 3 is 2.86 bits per heavy atom. The van der Waals surface area contributed by atoms with E-state index in [1.807, 2.05) is 25.1 Å². The van der Waals surface area contributed by atoms with Crippen LogP contribution in [0.5, 0.6) is 5.75 Å². The van der Waals surface area contributed by atoms with Crippen molar-refractivity contribution in [1.82, 2.24) is 4.90 Å². The third kappa shape index (κ3) is 4.57. The number of piperidine rings is 1. The SMILES string of the molecule is CCOc1ccc(C(=O)CCN2CCCC(C)C2)cc1CC. The summed E-state index contributed by atoms with van der Waals surface area (Å²) in [4.78, 5) is 14.9. The van der Waals surface area contributed by atoms with Gasteiger partial charge in [-0.25, -0.2) is 0 Å². The molecule has 1 aliphatic heterocycles. The van der Waals surface area contributed by atoms with Crippen molar-refractivity contribution in [3.8, 4) is 5.75 Å². The van der Waals surface area contributed by atoms with Crippen molar-refractivity contribution in [2.45, 2.75) is 46.5 Å². The molecule has 1 atom stereocenters. The molecule has 0 amide bonds. The van der Waals surface area contributed by atoms with Crippen molar-refractivity contribution < 1.29 is 9.53 Å². The minimum atomic E-state index is 0.246. The van der Waals surface area contributed by atoms with E-state index in [2.05, 4.69) is 18.7 Å². The first kappa shape index (κ1) is 17.0. The molecule has 0 N–H and O–H groups in total. The first-order valence-electron chi connectivity index (χ1n) is 8.65. The summed E-state index contributed by atoms with van der Waals surface area (Å²) < 4.78 is 5.61. The van der Waals surface area contributed by atoms with Crippen molar-refractivity contribution in [3.05, 3.63) is 29.3 Å². The zero-order chi connectivity index (χ0) is 15.9. The van der Waals surface area contributed by atoms with E-state index in [-0.39, 0.29) is 5.78 Å². The number of ketones is 1. The van der Waals surface area contributed by atoms with E-state index in [4.69, 9.17) is 4.74 Å². The Kier molecular flexibility index (Phi) is 6.44. The predicted octanol–water partition coefficient (Wildman–Crippen LogP) is 3.95. The summed E-state index contributed by atoms with van der Waals surface area (Å²) in [7, 11) is 0. The van der Waals surface area contributed by atoms with E-state index in [9.17, 15) is 4.79 Å². The van der Waals surface area contributed by atoms with E-state index in [1.165, 1.54) is 12.8 Å². The number of aryl methyl sites for hydroxylation is 1. The van der Waals surface area contributed by atoms with Crippen molar-refractivity contribution in [2.75, 3.05) is 26.2 Å². The van der Waals surface area contributed by atoms with Crippen molar-refractivity contribution >= 4 is 5.78 Å². The quantitative estimate of drug-likeness (QED) is 0.714. The number of benzene rings is 1.